The van der Waals surface area contributed by atoms with Gasteiger partial charge in [-0.3, -0.25) is 4.98 Å². The molecule has 1 saturated carbocycles. The second-order valence-electron chi connectivity index (χ2n) is 7.82. The van der Waals surface area contributed by atoms with Gasteiger partial charge in [0.05, 0.1) is 13.3 Å². The van der Waals surface area contributed by atoms with Crippen LogP contribution in [-0.2, 0) is 28.1 Å². The molecule has 0 aromatic carbocycles. The van der Waals surface area contributed by atoms with Crippen LogP contribution >= 0.6 is 0 Å². The van der Waals surface area contributed by atoms with Gasteiger partial charge in [-0.05, 0) is 61.3 Å². The quantitative estimate of drug-likeness (QED) is 0.458. The zero-order chi connectivity index (χ0) is 21.4. The third kappa shape index (κ3) is 5.39. The number of nitrogens with zero attached hydrogens (tertiary/aromatic N) is 1. The Morgan fingerprint density at radius 1 is 1.23 bits per heavy atom. The summed E-state index contributed by atoms with van der Waals surface area (Å²) >= 11 is 0. The van der Waals surface area contributed by atoms with Crippen LogP contribution in [0.2, 0.25) is 0 Å². The Bertz CT molecular complexity index is 763. The van der Waals surface area contributed by atoms with Crippen molar-refractivity contribution in [1.29, 1.82) is 0 Å². The molecule has 1 aromatic heterocycles. The first-order chi connectivity index (χ1) is 14.1. The van der Waals surface area contributed by atoms with Crippen LogP contribution in [0.15, 0.2) is 35.7 Å². The summed E-state index contributed by atoms with van der Waals surface area (Å²) in [5.41, 5.74) is 4.11. The minimum atomic E-state index is -0.303. The summed E-state index contributed by atoms with van der Waals surface area (Å²) in [6.45, 7) is 10.3. The van der Waals surface area contributed by atoms with E-state index in [9.17, 15) is 4.79 Å². The minimum absolute atomic E-state index is 0. The Morgan fingerprint density at radius 3 is 2.47 bits per heavy atom. The fourth-order valence-corrected chi connectivity index (χ4v) is 4.42. The third-order valence-electron chi connectivity index (χ3n) is 5.65. The fraction of sp³-hybridized carbons (Fsp3) is 0.600. The maximum atomic E-state index is 12.2. The summed E-state index contributed by atoms with van der Waals surface area (Å²) in [5, 5.41) is 0. The van der Waals surface area contributed by atoms with E-state index in [0.717, 1.165) is 49.0 Å². The molecule has 30 heavy (non-hydrogen) atoms. The molecule has 5 heteroatoms. The smallest absolute Gasteiger partial charge is 0.334 e. The average Bonchev–Trinajstić information content (AvgIpc) is 2.75. The van der Waals surface area contributed by atoms with Crippen molar-refractivity contribution in [2.75, 3.05) is 7.11 Å². The molecule has 0 N–H and O–H groups in total. The number of hydrogen-bond acceptors (Lipinski definition) is 4. The first kappa shape index (κ1) is 26.5. The molecule has 0 amide bonds. The SMILES string of the molecule is CC.CCC.COC(=O)C1=CC2=C(CC1C)c1ccncc1OC21CCCCC1.[V]. The Labute approximate surface area is 194 Å². The van der Waals surface area contributed by atoms with E-state index < -0.39 is 0 Å². The topological polar surface area (TPSA) is 48.4 Å². The van der Waals surface area contributed by atoms with Crippen LogP contribution in [0.25, 0.3) is 5.57 Å². The monoisotopic (exact) mass is 450 g/mol. The summed E-state index contributed by atoms with van der Waals surface area (Å²) in [6, 6.07) is 2.03. The van der Waals surface area contributed by atoms with Crippen LogP contribution in [0, 0.1) is 5.92 Å². The van der Waals surface area contributed by atoms with E-state index in [2.05, 4.69) is 31.8 Å². The largest absolute Gasteiger partial charge is 0.480 e. The van der Waals surface area contributed by atoms with Gasteiger partial charge in [0, 0.05) is 35.9 Å². The molecule has 4 nitrogen and oxygen atoms in total. The number of carbonyl (C=O) groups excluding carboxylic acids is 1. The number of methoxy groups -OCH3 is 1. The Balaban J connectivity index is 0.000000691. The molecular formula is C25H37NO3V. The zero-order valence-electron chi connectivity index (χ0n) is 19.5. The first-order valence-electron chi connectivity index (χ1n) is 11.2. The summed E-state index contributed by atoms with van der Waals surface area (Å²) in [5.74, 6) is 0.816. The fourth-order valence-electron chi connectivity index (χ4n) is 4.42. The van der Waals surface area contributed by atoms with Crippen molar-refractivity contribution in [3.05, 3.63) is 41.2 Å². The maximum Gasteiger partial charge on any atom is 0.334 e. The van der Waals surface area contributed by atoms with Gasteiger partial charge in [-0.15, -0.1) is 0 Å². The van der Waals surface area contributed by atoms with E-state index in [1.807, 2.05) is 32.3 Å². The van der Waals surface area contributed by atoms with Crippen LogP contribution in [0.1, 0.15) is 85.1 Å². The van der Waals surface area contributed by atoms with Gasteiger partial charge in [-0.2, -0.15) is 0 Å². The molecule has 1 aromatic rings. The van der Waals surface area contributed by atoms with Crippen molar-refractivity contribution < 1.29 is 32.8 Å². The molecule has 3 aliphatic rings. The van der Waals surface area contributed by atoms with Crippen LogP contribution in [0.3, 0.4) is 0 Å². The molecule has 1 atom stereocenters. The Morgan fingerprint density at radius 2 is 1.87 bits per heavy atom. The molecule has 1 spiro atoms. The number of carbonyl (C=O) groups is 1. The molecule has 0 bridgehead atoms. The van der Waals surface area contributed by atoms with Crippen LogP contribution in [0.4, 0.5) is 0 Å². The average molecular weight is 451 g/mol. The second kappa shape index (κ2) is 12.4. The predicted octanol–water partition coefficient (Wildman–Crippen LogP) is 6.51. The summed E-state index contributed by atoms with van der Waals surface area (Å²) < 4.78 is 11.5. The first-order valence-corrected chi connectivity index (χ1v) is 11.2. The summed E-state index contributed by atoms with van der Waals surface area (Å²) in [6.07, 6.45) is 13.4. The molecule has 1 aliphatic heterocycles. The van der Waals surface area contributed by atoms with E-state index in [0.29, 0.717) is 0 Å². The van der Waals surface area contributed by atoms with Crippen molar-refractivity contribution in [1.82, 2.24) is 4.98 Å². The predicted molar refractivity (Wildman–Crippen MR) is 119 cm³/mol. The molecule has 0 saturated heterocycles. The third-order valence-corrected chi connectivity index (χ3v) is 5.65. The van der Waals surface area contributed by atoms with E-state index in [4.69, 9.17) is 9.47 Å². The van der Waals surface area contributed by atoms with Gasteiger partial charge in [0.2, 0.25) is 0 Å². The number of allylic oxidation sites excluding steroid dienone is 1. The van der Waals surface area contributed by atoms with Crippen LogP contribution < -0.4 is 4.74 Å². The van der Waals surface area contributed by atoms with E-state index >= 15 is 0 Å². The van der Waals surface area contributed by atoms with E-state index in [1.165, 1.54) is 31.1 Å². The van der Waals surface area contributed by atoms with Gasteiger partial charge in [0.15, 0.2) is 0 Å². The van der Waals surface area contributed by atoms with Gasteiger partial charge in [-0.1, -0.05) is 47.5 Å². The van der Waals surface area contributed by atoms with Gasteiger partial charge in [0.25, 0.3) is 0 Å². The molecule has 165 valence electrons. The number of rotatable bonds is 1. The maximum absolute atomic E-state index is 12.2. The number of aromatic nitrogens is 1. The normalized spacial score (nSPS) is 20.5. The van der Waals surface area contributed by atoms with Gasteiger partial charge < -0.3 is 9.47 Å². The van der Waals surface area contributed by atoms with Crippen molar-refractivity contribution in [2.24, 2.45) is 5.92 Å². The number of esters is 1. The minimum Gasteiger partial charge on any atom is -0.480 e. The van der Waals surface area contributed by atoms with Crippen LogP contribution in [0.5, 0.6) is 5.75 Å². The van der Waals surface area contributed by atoms with E-state index in [-0.39, 0.29) is 36.0 Å². The summed E-state index contributed by atoms with van der Waals surface area (Å²) in [4.78, 5) is 16.5. The standard InChI is InChI=1S/C20H23NO3.C3H8.C2H6.V/c1-13-10-16-14-6-9-21-12-18(14)24-20(7-4-3-5-8-20)17(16)11-15(13)19(22)23-2;1-3-2;1-2;/h6,9,11-13H,3-5,7-8,10H2,1-2H3;3H2,1-2H3;1-2H3;. The second-order valence-corrected chi connectivity index (χ2v) is 7.82. The molecule has 1 radical (unpaired) electrons. The molecule has 1 unspecified atom stereocenters. The van der Waals surface area contributed by atoms with E-state index in [1.54, 1.807) is 0 Å². The van der Waals surface area contributed by atoms with Crippen molar-refractivity contribution in [3.63, 3.8) is 0 Å². The summed E-state index contributed by atoms with van der Waals surface area (Å²) in [7, 11) is 1.45. The number of hydrogen-bond donors (Lipinski definition) is 0. The zero-order valence-corrected chi connectivity index (χ0v) is 20.9. The Hall–Kier alpha value is -1.52. The molecule has 1 fully saturated rings. The van der Waals surface area contributed by atoms with Gasteiger partial charge >= 0.3 is 5.97 Å². The van der Waals surface area contributed by atoms with Crippen molar-refractivity contribution >= 4 is 11.5 Å². The van der Waals surface area contributed by atoms with Gasteiger partial charge in [0.1, 0.15) is 11.4 Å². The number of ether oxygens (including phenoxy) is 2. The Kier molecular flexibility index (Phi) is 10.9. The molecule has 2 aliphatic carbocycles. The van der Waals surface area contributed by atoms with Crippen molar-refractivity contribution in [3.8, 4) is 5.75 Å². The molecular weight excluding hydrogens is 413 g/mol. The van der Waals surface area contributed by atoms with Gasteiger partial charge in [-0.25, -0.2) is 4.79 Å². The molecule has 4 rings (SSSR count). The van der Waals surface area contributed by atoms with Crippen molar-refractivity contribution in [2.45, 2.75) is 85.2 Å². The number of pyridine rings is 1. The molecule has 2 heterocycles. The number of fused-ring (bicyclic) bond motifs is 3. The van der Waals surface area contributed by atoms with Crippen LogP contribution in [-0.4, -0.2) is 23.7 Å².